The zero-order valence-corrected chi connectivity index (χ0v) is 17.8. The van der Waals surface area contributed by atoms with Crippen molar-refractivity contribution >= 4 is 22.6 Å². The molecule has 29 heavy (non-hydrogen) atoms. The largest absolute Gasteiger partial charge is 0.492 e. The summed E-state index contributed by atoms with van der Waals surface area (Å²) in [6.45, 7) is 6.99. The molecular weight excluding hydrogens is 384 g/mol. The van der Waals surface area contributed by atoms with Gasteiger partial charge in [-0.25, -0.2) is 4.98 Å². The van der Waals surface area contributed by atoms with Crippen LogP contribution in [0.3, 0.4) is 0 Å². The van der Waals surface area contributed by atoms with Crippen LogP contribution < -0.4 is 4.74 Å². The van der Waals surface area contributed by atoms with Gasteiger partial charge in [-0.2, -0.15) is 0 Å². The van der Waals surface area contributed by atoms with Gasteiger partial charge < -0.3 is 14.2 Å². The molecule has 3 aromatic rings. The molecule has 2 heterocycles. The number of unbranched alkanes of at least 4 members (excludes halogenated alkanes) is 1. The third-order valence-electron chi connectivity index (χ3n) is 5.56. The molecule has 2 aromatic carbocycles. The molecule has 0 aliphatic carbocycles. The topological polar surface area (TPSA) is 33.5 Å². The summed E-state index contributed by atoms with van der Waals surface area (Å²) >= 11 is 6.16. The molecule has 0 spiro atoms. The van der Waals surface area contributed by atoms with Crippen molar-refractivity contribution in [3.05, 3.63) is 59.4 Å². The highest BCUT2D eigenvalue weighted by atomic mass is 35.5. The highest BCUT2D eigenvalue weighted by molar-refractivity contribution is 6.32. The first kappa shape index (κ1) is 20.2. The Morgan fingerprint density at radius 3 is 2.55 bits per heavy atom. The second-order valence-electron chi connectivity index (χ2n) is 7.73. The lowest BCUT2D eigenvalue weighted by atomic mass is 10.3. The van der Waals surface area contributed by atoms with Gasteiger partial charge in [-0.15, -0.1) is 0 Å². The van der Waals surface area contributed by atoms with Gasteiger partial charge in [0.25, 0.3) is 0 Å². The number of piperazine rings is 1. The van der Waals surface area contributed by atoms with E-state index in [0.29, 0.717) is 11.6 Å². The Hall–Kier alpha value is -2.08. The molecule has 1 fully saturated rings. The third-order valence-corrected chi connectivity index (χ3v) is 5.88. The number of ether oxygens (including phenoxy) is 1. The number of aryl methyl sites for hydroxylation is 1. The van der Waals surface area contributed by atoms with Crippen molar-refractivity contribution in [2.45, 2.75) is 25.9 Å². The zero-order chi connectivity index (χ0) is 20.1. The van der Waals surface area contributed by atoms with Gasteiger partial charge in [-0.1, -0.05) is 35.9 Å². The number of hydrogen-bond donors (Lipinski definition) is 0. The minimum atomic E-state index is 0.669. The maximum Gasteiger partial charge on any atom is 0.137 e. The van der Waals surface area contributed by atoms with Crippen LogP contribution in [-0.4, -0.2) is 59.2 Å². The molecule has 1 aliphatic heterocycles. The number of aromatic nitrogens is 2. The number of hydrogen-bond acceptors (Lipinski definition) is 4. The van der Waals surface area contributed by atoms with Gasteiger partial charge >= 0.3 is 0 Å². The average molecular weight is 413 g/mol. The summed E-state index contributed by atoms with van der Waals surface area (Å²) in [6, 6.07) is 16.1. The average Bonchev–Trinajstić information content (AvgIpc) is 3.08. The van der Waals surface area contributed by atoms with Gasteiger partial charge in [0.1, 0.15) is 11.6 Å². The van der Waals surface area contributed by atoms with Crippen LogP contribution in [0.1, 0.15) is 18.7 Å². The second kappa shape index (κ2) is 9.61. The molecule has 6 heteroatoms. The fourth-order valence-corrected chi connectivity index (χ4v) is 4.01. The predicted molar refractivity (Wildman–Crippen MR) is 119 cm³/mol. The first-order valence-electron chi connectivity index (χ1n) is 10.4. The number of para-hydroxylation sites is 3. The predicted octanol–water partition coefficient (Wildman–Crippen LogP) is 4.30. The minimum absolute atomic E-state index is 0.669. The Bertz CT molecular complexity index is 934. The molecular formula is C23H29ClN4O. The number of imidazole rings is 1. The van der Waals surface area contributed by atoms with Crippen LogP contribution in [-0.2, 0) is 13.1 Å². The fraction of sp³-hybridized carbons (Fsp3) is 0.435. The number of benzene rings is 2. The number of rotatable bonds is 8. The number of likely N-dealkylation sites (N-methyl/N-ethyl adjacent to an activating group) is 1. The quantitative estimate of drug-likeness (QED) is 0.516. The Morgan fingerprint density at radius 2 is 1.72 bits per heavy atom. The highest BCUT2D eigenvalue weighted by Crippen LogP contribution is 2.23. The van der Waals surface area contributed by atoms with Gasteiger partial charge in [-0.05, 0) is 44.2 Å². The van der Waals surface area contributed by atoms with Gasteiger partial charge in [0, 0.05) is 32.7 Å². The van der Waals surface area contributed by atoms with E-state index < -0.39 is 0 Å². The van der Waals surface area contributed by atoms with Crippen molar-refractivity contribution < 1.29 is 4.74 Å². The smallest absolute Gasteiger partial charge is 0.137 e. The van der Waals surface area contributed by atoms with Gasteiger partial charge in [-0.3, -0.25) is 4.90 Å². The molecule has 0 bridgehead atoms. The van der Waals surface area contributed by atoms with E-state index in [9.17, 15) is 0 Å². The SMILES string of the molecule is CN1CCN(Cc2nc3ccccc3n2CCCCOc2ccccc2Cl)CC1. The van der Waals surface area contributed by atoms with Crippen molar-refractivity contribution in [3.63, 3.8) is 0 Å². The molecule has 0 N–H and O–H groups in total. The first-order chi connectivity index (χ1) is 14.2. The molecule has 0 radical (unpaired) electrons. The maximum absolute atomic E-state index is 6.16. The lowest BCUT2D eigenvalue weighted by Gasteiger charge is -2.32. The molecule has 4 rings (SSSR count). The molecule has 0 unspecified atom stereocenters. The van der Waals surface area contributed by atoms with E-state index in [1.54, 1.807) is 0 Å². The normalized spacial score (nSPS) is 15.8. The van der Waals surface area contributed by atoms with Gasteiger partial charge in [0.05, 0.1) is 29.2 Å². The summed E-state index contributed by atoms with van der Waals surface area (Å²) in [7, 11) is 2.19. The van der Waals surface area contributed by atoms with Crippen LogP contribution in [0.5, 0.6) is 5.75 Å². The summed E-state index contributed by atoms with van der Waals surface area (Å²) in [5.41, 5.74) is 2.31. The lowest BCUT2D eigenvalue weighted by Crippen LogP contribution is -2.44. The summed E-state index contributed by atoms with van der Waals surface area (Å²) < 4.78 is 8.23. The van der Waals surface area contributed by atoms with Crippen molar-refractivity contribution in [1.82, 2.24) is 19.4 Å². The van der Waals surface area contributed by atoms with Crippen LogP contribution in [0.25, 0.3) is 11.0 Å². The standard InChI is InChI=1S/C23H29ClN4O/c1-26-13-15-27(16-14-26)18-23-25-20-9-3-4-10-21(20)28(23)12-6-7-17-29-22-11-5-2-8-19(22)24/h2-5,8-11H,6-7,12-18H2,1H3. The molecule has 154 valence electrons. The van der Waals surface area contributed by atoms with E-state index in [-0.39, 0.29) is 0 Å². The second-order valence-corrected chi connectivity index (χ2v) is 8.14. The zero-order valence-electron chi connectivity index (χ0n) is 17.1. The van der Waals surface area contributed by atoms with Crippen molar-refractivity contribution in [1.29, 1.82) is 0 Å². The van der Waals surface area contributed by atoms with Gasteiger partial charge in [0.2, 0.25) is 0 Å². The van der Waals surface area contributed by atoms with Crippen molar-refractivity contribution in [3.8, 4) is 5.75 Å². The Kier molecular flexibility index (Phi) is 6.70. The molecule has 1 aliphatic rings. The van der Waals surface area contributed by atoms with E-state index in [1.807, 2.05) is 24.3 Å². The monoisotopic (exact) mass is 412 g/mol. The first-order valence-corrected chi connectivity index (χ1v) is 10.8. The van der Waals surface area contributed by atoms with E-state index in [1.165, 1.54) is 11.3 Å². The minimum Gasteiger partial charge on any atom is -0.492 e. The van der Waals surface area contributed by atoms with Crippen LogP contribution >= 0.6 is 11.6 Å². The van der Waals surface area contributed by atoms with Crippen LogP contribution in [0.15, 0.2) is 48.5 Å². The van der Waals surface area contributed by atoms with Crippen LogP contribution in [0.4, 0.5) is 0 Å². The molecule has 5 nitrogen and oxygen atoms in total. The lowest BCUT2D eigenvalue weighted by molar-refractivity contribution is 0.144. The Balaban J connectivity index is 1.37. The maximum atomic E-state index is 6.16. The molecule has 0 amide bonds. The van der Waals surface area contributed by atoms with E-state index in [2.05, 4.69) is 45.7 Å². The Labute approximate surface area is 177 Å². The number of nitrogens with zero attached hydrogens (tertiary/aromatic N) is 4. The number of fused-ring (bicyclic) bond motifs is 1. The van der Waals surface area contributed by atoms with Crippen molar-refractivity contribution in [2.75, 3.05) is 39.8 Å². The molecule has 1 saturated heterocycles. The van der Waals surface area contributed by atoms with Crippen molar-refractivity contribution in [2.24, 2.45) is 0 Å². The fourth-order valence-electron chi connectivity index (χ4n) is 3.82. The summed E-state index contributed by atoms with van der Waals surface area (Å²) in [6.07, 6.45) is 2.02. The summed E-state index contributed by atoms with van der Waals surface area (Å²) in [5.74, 6) is 1.93. The van der Waals surface area contributed by atoms with E-state index in [4.69, 9.17) is 21.3 Å². The summed E-state index contributed by atoms with van der Waals surface area (Å²) in [4.78, 5) is 9.84. The van der Waals surface area contributed by atoms with Crippen LogP contribution in [0.2, 0.25) is 5.02 Å². The van der Waals surface area contributed by atoms with E-state index >= 15 is 0 Å². The van der Waals surface area contributed by atoms with Crippen LogP contribution in [0, 0.1) is 0 Å². The number of halogens is 1. The molecule has 1 aromatic heterocycles. The Morgan fingerprint density at radius 1 is 0.966 bits per heavy atom. The molecule has 0 saturated carbocycles. The molecule has 0 atom stereocenters. The summed E-state index contributed by atoms with van der Waals surface area (Å²) in [5, 5.41) is 0.669. The highest BCUT2D eigenvalue weighted by Gasteiger charge is 2.18. The van der Waals surface area contributed by atoms with E-state index in [0.717, 1.165) is 63.4 Å². The third kappa shape index (κ3) is 5.10. The van der Waals surface area contributed by atoms with Gasteiger partial charge in [0.15, 0.2) is 0 Å².